The largest absolute Gasteiger partial charge is 0.462 e. The molecule has 0 spiro atoms. The monoisotopic (exact) mass is 312 g/mol. The average Bonchev–Trinajstić information content (AvgIpc) is 2.49. The molecule has 0 aliphatic heterocycles. The third kappa shape index (κ3) is 6.07. The summed E-state index contributed by atoms with van der Waals surface area (Å²) in [5.41, 5.74) is 1.27. The van der Waals surface area contributed by atoms with Crippen LogP contribution in [0.1, 0.15) is 17.3 Å². The van der Waals surface area contributed by atoms with Crippen molar-refractivity contribution >= 4 is 29.0 Å². The maximum Gasteiger partial charge on any atom is 0.338 e. The Labute approximate surface area is 129 Å². The van der Waals surface area contributed by atoms with Crippen molar-refractivity contribution in [1.29, 1.82) is 0 Å². The van der Waals surface area contributed by atoms with E-state index in [0.29, 0.717) is 23.8 Å². The zero-order valence-electron chi connectivity index (χ0n) is 12.3. The molecule has 0 heterocycles. The number of anilines is 1. The molecule has 1 rings (SSSR count). The van der Waals surface area contributed by atoms with E-state index in [0.717, 1.165) is 5.69 Å². The summed E-state index contributed by atoms with van der Waals surface area (Å²) in [4.78, 5) is 11.5. The molecule has 0 saturated heterocycles. The highest BCUT2D eigenvalue weighted by molar-refractivity contribution is 7.80. The summed E-state index contributed by atoms with van der Waals surface area (Å²) in [6.45, 7) is 2.55. The molecule has 6 nitrogen and oxygen atoms in total. The van der Waals surface area contributed by atoms with Crippen LogP contribution in [0.2, 0.25) is 0 Å². The van der Waals surface area contributed by atoms with Crippen molar-refractivity contribution in [1.82, 2.24) is 5.32 Å². The second kappa shape index (κ2) is 9.28. The van der Waals surface area contributed by atoms with E-state index in [9.17, 15) is 4.79 Å². The van der Waals surface area contributed by atoms with Crippen LogP contribution >= 0.6 is 12.2 Å². The average molecular weight is 312 g/mol. The van der Waals surface area contributed by atoms with Crippen LogP contribution in [0.25, 0.3) is 0 Å². The first-order valence-corrected chi connectivity index (χ1v) is 6.89. The van der Waals surface area contributed by atoms with E-state index in [4.69, 9.17) is 26.4 Å². The second-order valence-electron chi connectivity index (χ2n) is 4.03. The Balaban J connectivity index is 2.48. The Bertz CT molecular complexity index is 461. The number of carbonyl (C=O) groups excluding carboxylic acids is 1. The lowest BCUT2D eigenvalue weighted by Crippen LogP contribution is -2.36. The lowest BCUT2D eigenvalue weighted by molar-refractivity contribution is -0.0964. The van der Waals surface area contributed by atoms with Gasteiger partial charge in [-0.15, -0.1) is 0 Å². The standard InChI is InChI=1S/C14H20N2O4S/c1-4-20-13(17)10-5-7-11(8-6-10)16-14(21)15-9-12(18-2)19-3/h5-8,12H,4,9H2,1-3H3,(H2,15,16,21). The zero-order chi connectivity index (χ0) is 15.7. The number of ether oxygens (including phenoxy) is 3. The van der Waals surface area contributed by atoms with Crippen LogP contribution in [0.4, 0.5) is 5.69 Å². The molecule has 0 amide bonds. The van der Waals surface area contributed by atoms with Gasteiger partial charge in [0.2, 0.25) is 0 Å². The molecule has 116 valence electrons. The van der Waals surface area contributed by atoms with Gasteiger partial charge in [-0.2, -0.15) is 0 Å². The van der Waals surface area contributed by atoms with Crippen LogP contribution in [0, 0.1) is 0 Å². The van der Waals surface area contributed by atoms with Crippen molar-refractivity contribution in [2.45, 2.75) is 13.2 Å². The quantitative estimate of drug-likeness (QED) is 0.452. The number of hydrogen-bond acceptors (Lipinski definition) is 5. The van der Waals surface area contributed by atoms with E-state index in [1.165, 1.54) is 0 Å². The fraction of sp³-hybridized carbons (Fsp3) is 0.429. The van der Waals surface area contributed by atoms with Crippen LogP contribution in [0.3, 0.4) is 0 Å². The third-order valence-electron chi connectivity index (χ3n) is 2.61. The van der Waals surface area contributed by atoms with E-state index >= 15 is 0 Å². The van der Waals surface area contributed by atoms with Gasteiger partial charge in [-0.1, -0.05) is 0 Å². The van der Waals surface area contributed by atoms with Gasteiger partial charge in [-0.25, -0.2) is 4.79 Å². The first-order chi connectivity index (χ1) is 10.1. The van der Waals surface area contributed by atoms with Crippen LogP contribution in [0.15, 0.2) is 24.3 Å². The minimum Gasteiger partial charge on any atom is -0.462 e. The number of nitrogens with one attached hydrogen (secondary N) is 2. The Morgan fingerprint density at radius 2 is 1.86 bits per heavy atom. The lowest BCUT2D eigenvalue weighted by atomic mass is 10.2. The van der Waals surface area contributed by atoms with Crippen molar-refractivity contribution in [3.05, 3.63) is 29.8 Å². The van der Waals surface area contributed by atoms with E-state index in [1.54, 1.807) is 45.4 Å². The molecule has 0 radical (unpaired) electrons. The first kappa shape index (κ1) is 17.4. The fourth-order valence-corrected chi connectivity index (χ4v) is 1.72. The number of benzene rings is 1. The van der Waals surface area contributed by atoms with Crippen molar-refractivity contribution in [2.75, 3.05) is 32.7 Å². The van der Waals surface area contributed by atoms with Crippen molar-refractivity contribution in [2.24, 2.45) is 0 Å². The van der Waals surface area contributed by atoms with Gasteiger partial charge in [-0.05, 0) is 43.4 Å². The number of thiocarbonyl (C=S) groups is 1. The van der Waals surface area contributed by atoms with Gasteiger partial charge in [0.25, 0.3) is 0 Å². The van der Waals surface area contributed by atoms with Gasteiger partial charge in [0.05, 0.1) is 18.7 Å². The van der Waals surface area contributed by atoms with Crippen molar-refractivity contribution in [3.8, 4) is 0 Å². The Morgan fingerprint density at radius 1 is 1.24 bits per heavy atom. The van der Waals surface area contributed by atoms with E-state index in [2.05, 4.69) is 10.6 Å². The highest BCUT2D eigenvalue weighted by Crippen LogP contribution is 2.10. The van der Waals surface area contributed by atoms with E-state index in [1.807, 2.05) is 0 Å². The molecule has 0 atom stereocenters. The lowest BCUT2D eigenvalue weighted by Gasteiger charge is -2.16. The molecular formula is C14H20N2O4S. The molecule has 1 aromatic rings. The Kier molecular flexibility index (Phi) is 7.66. The predicted molar refractivity (Wildman–Crippen MR) is 84.4 cm³/mol. The zero-order valence-corrected chi connectivity index (χ0v) is 13.2. The number of rotatable bonds is 7. The third-order valence-corrected chi connectivity index (χ3v) is 2.86. The SMILES string of the molecule is CCOC(=O)c1ccc(NC(=S)NCC(OC)OC)cc1. The summed E-state index contributed by atoms with van der Waals surface area (Å²) in [5.74, 6) is -0.340. The summed E-state index contributed by atoms with van der Waals surface area (Å²) in [6, 6.07) is 6.86. The molecule has 7 heteroatoms. The van der Waals surface area contributed by atoms with E-state index in [-0.39, 0.29) is 12.3 Å². The van der Waals surface area contributed by atoms with E-state index < -0.39 is 0 Å². The smallest absolute Gasteiger partial charge is 0.338 e. The summed E-state index contributed by atoms with van der Waals surface area (Å²) in [7, 11) is 3.11. The van der Waals surface area contributed by atoms with Crippen LogP contribution in [-0.2, 0) is 14.2 Å². The van der Waals surface area contributed by atoms with Gasteiger partial charge in [0.15, 0.2) is 11.4 Å². The van der Waals surface area contributed by atoms with Crippen LogP contribution < -0.4 is 10.6 Å². The molecule has 0 unspecified atom stereocenters. The first-order valence-electron chi connectivity index (χ1n) is 6.48. The summed E-state index contributed by atoms with van der Waals surface area (Å²) >= 11 is 5.15. The highest BCUT2D eigenvalue weighted by Gasteiger charge is 2.07. The number of methoxy groups -OCH3 is 2. The number of carbonyl (C=O) groups is 1. The molecule has 0 aromatic heterocycles. The maximum absolute atomic E-state index is 11.5. The number of esters is 1. The van der Waals surface area contributed by atoms with Gasteiger partial charge in [-0.3, -0.25) is 0 Å². The molecule has 2 N–H and O–H groups in total. The minimum atomic E-state index is -0.365. The van der Waals surface area contributed by atoms with Crippen LogP contribution in [-0.4, -0.2) is 44.7 Å². The summed E-state index contributed by atoms with van der Waals surface area (Å²) < 4.78 is 15.0. The molecule has 0 bridgehead atoms. The normalized spacial score (nSPS) is 10.3. The molecular weight excluding hydrogens is 292 g/mol. The fourth-order valence-electron chi connectivity index (χ4n) is 1.52. The highest BCUT2D eigenvalue weighted by atomic mass is 32.1. The molecule has 0 aliphatic rings. The van der Waals surface area contributed by atoms with Gasteiger partial charge >= 0.3 is 5.97 Å². The second-order valence-corrected chi connectivity index (χ2v) is 4.44. The van der Waals surface area contributed by atoms with Gasteiger partial charge in [0.1, 0.15) is 0 Å². The molecule has 0 fully saturated rings. The molecule has 21 heavy (non-hydrogen) atoms. The summed E-state index contributed by atoms with van der Waals surface area (Å²) in [6.07, 6.45) is -0.365. The topological polar surface area (TPSA) is 68.8 Å². The molecule has 1 aromatic carbocycles. The van der Waals surface area contributed by atoms with Gasteiger partial charge in [0, 0.05) is 19.9 Å². The predicted octanol–water partition coefficient (Wildman–Crippen LogP) is 1.77. The Morgan fingerprint density at radius 3 is 2.38 bits per heavy atom. The molecule has 0 saturated carbocycles. The Hall–Kier alpha value is -1.70. The number of hydrogen-bond donors (Lipinski definition) is 2. The minimum absolute atomic E-state index is 0.340. The summed E-state index contributed by atoms with van der Waals surface area (Å²) in [5, 5.41) is 6.41. The van der Waals surface area contributed by atoms with Gasteiger partial charge < -0.3 is 24.8 Å². The van der Waals surface area contributed by atoms with Crippen molar-refractivity contribution in [3.63, 3.8) is 0 Å². The van der Waals surface area contributed by atoms with Crippen LogP contribution in [0.5, 0.6) is 0 Å². The van der Waals surface area contributed by atoms with Crippen molar-refractivity contribution < 1.29 is 19.0 Å². The molecule has 0 aliphatic carbocycles. The maximum atomic E-state index is 11.5.